The first-order chi connectivity index (χ1) is 12.5. The fraction of sp³-hybridized carbons (Fsp3) is 0.150. The molecule has 26 heavy (non-hydrogen) atoms. The Balaban J connectivity index is 1.68. The van der Waals surface area contributed by atoms with E-state index in [4.69, 9.17) is 9.15 Å². The lowest BCUT2D eigenvalue weighted by atomic mass is 10.1. The lowest BCUT2D eigenvalue weighted by Crippen LogP contribution is -2.14. The molecule has 0 spiro atoms. The van der Waals surface area contributed by atoms with Crippen LogP contribution in [0.4, 0.5) is 5.69 Å². The molecule has 6 heteroatoms. The number of nitrogens with zero attached hydrogens (tertiary/aromatic N) is 2. The Labute approximate surface area is 149 Å². The SMILES string of the molecule is COc1ccc2nc(C)c(C(=O)Nc3ccc4oc(C)nc4c3)cc2c1. The molecule has 0 aliphatic heterocycles. The van der Waals surface area contributed by atoms with Gasteiger partial charge in [0.25, 0.3) is 5.91 Å². The fourth-order valence-electron chi connectivity index (χ4n) is 2.93. The van der Waals surface area contributed by atoms with Gasteiger partial charge in [-0.1, -0.05) is 0 Å². The number of pyridine rings is 1. The van der Waals surface area contributed by atoms with Crippen LogP contribution in [0.1, 0.15) is 21.9 Å². The molecule has 4 aromatic rings. The first-order valence-electron chi connectivity index (χ1n) is 8.17. The normalized spacial score (nSPS) is 11.0. The van der Waals surface area contributed by atoms with Crippen LogP contribution in [0.15, 0.2) is 46.9 Å². The van der Waals surface area contributed by atoms with Crippen LogP contribution in [-0.4, -0.2) is 23.0 Å². The summed E-state index contributed by atoms with van der Waals surface area (Å²) in [5, 5.41) is 3.75. The van der Waals surface area contributed by atoms with E-state index >= 15 is 0 Å². The van der Waals surface area contributed by atoms with Gasteiger partial charge in [0.05, 0.1) is 23.9 Å². The molecule has 2 heterocycles. The van der Waals surface area contributed by atoms with Gasteiger partial charge in [0.15, 0.2) is 11.5 Å². The topological polar surface area (TPSA) is 77.2 Å². The molecular weight excluding hydrogens is 330 g/mol. The van der Waals surface area contributed by atoms with Gasteiger partial charge in [-0.25, -0.2) is 4.98 Å². The predicted molar refractivity (Wildman–Crippen MR) is 99.7 cm³/mol. The minimum absolute atomic E-state index is 0.223. The Kier molecular flexibility index (Phi) is 3.80. The zero-order valence-corrected chi connectivity index (χ0v) is 14.7. The highest BCUT2D eigenvalue weighted by Crippen LogP contribution is 2.24. The molecule has 0 radical (unpaired) electrons. The third-order valence-corrected chi connectivity index (χ3v) is 4.21. The van der Waals surface area contributed by atoms with Crippen LogP contribution in [-0.2, 0) is 0 Å². The number of anilines is 1. The third-order valence-electron chi connectivity index (χ3n) is 4.21. The number of aryl methyl sites for hydroxylation is 2. The third kappa shape index (κ3) is 2.86. The largest absolute Gasteiger partial charge is 0.497 e. The van der Waals surface area contributed by atoms with E-state index in [1.807, 2.05) is 31.2 Å². The Morgan fingerprint density at radius 1 is 1.04 bits per heavy atom. The van der Waals surface area contributed by atoms with E-state index in [1.54, 1.807) is 32.2 Å². The number of benzene rings is 2. The molecule has 0 aliphatic carbocycles. The summed E-state index contributed by atoms with van der Waals surface area (Å²) in [6.07, 6.45) is 0. The number of nitrogens with one attached hydrogen (secondary N) is 1. The van der Waals surface area contributed by atoms with Gasteiger partial charge >= 0.3 is 0 Å². The number of rotatable bonds is 3. The van der Waals surface area contributed by atoms with Crippen LogP contribution in [0.3, 0.4) is 0 Å². The van der Waals surface area contributed by atoms with Gasteiger partial charge in [0, 0.05) is 18.0 Å². The van der Waals surface area contributed by atoms with Gasteiger partial charge in [-0.2, -0.15) is 0 Å². The van der Waals surface area contributed by atoms with Gasteiger partial charge in [-0.05, 0) is 49.4 Å². The molecule has 0 aliphatic rings. The van der Waals surface area contributed by atoms with E-state index in [0.717, 1.165) is 16.7 Å². The second-order valence-electron chi connectivity index (χ2n) is 6.05. The number of methoxy groups -OCH3 is 1. The lowest BCUT2D eigenvalue weighted by Gasteiger charge is -2.09. The predicted octanol–water partition coefficient (Wildman–Crippen LogP) is 4.25. The van der Waals surface area contributed by atoms with E-state index < -0.39 is 0 Å². The van der Waals surface area contributed by atoms with Crippen molar-refractivity contribution in [2.24, 2.45) is 0 Å². The van der Waals surface area contributed by atoms with Crippen LogP contribution >= 0.6 is 0 Å². The maximum absolute atomic E-state index is 12.7. The molecule has 0 saturated carbocycles. The second kappa shape index (κ2) is 6.15. The highest BCUT2D eigenvalue weighted by molar-refractivity contribution is 6.07. The number of oxazole rings is 1. The van der Waals surface area contributed by atoms with Crippen molar-refractivity contribution in [3.8, 4) is 5.75 Å². The molecule has 2 aromatic carbocycles. The average Bonchev–Trinajstić information content (AvgIpc) is 3.00. The number of ether oxygens (including phenoxy) is 1. The first-order valence-corrected chi connectivity index (χ1v) is 8.17. The molecule has 0 unspecified atom stereocenters. The van der Waals surface area contributed by atoms with Gasteiger partial charge in [-0.3, -0.25) is 9.78 Å². The van der Waals surface area contributed by atoms with Crippen molar-refractivity contribution in [3.63, 3.8) is 0 Å². The number of carbonyl (C=O) groups excluding carboxylic acids is 1. The van der Waals surface area contributed by atoms with Crippen molar-refractivity contribution in [2.45, 2.75) is 13.8 Å². The quantitative estimate of drug-likeness (QED) is 0.599. The van der Waals surface area contributed by atoms with Crippen molar-refractivity contribution >= 4 is 33.6 Å². The summed E-state index contributed by atoms with van der Waals surface area (Å²) in [4.78, 5) is 21.6. The molecule has 130 valence electrons. The highest BCUT2D eigenvalue weighted by atomic mass is 16.5. The summed E-state index contributed by atoms with van der Waals surface area (Å²) in [6, 6.07) is 12.8. The van der Waals surface area contributed by atoms with Gasteiger partial charge in [0.1, 0.15) is 11.3 Å². The Morgan fingerprint density at radius 3 is 2.69 bits per heavy atom. The fourth-order valence-corrected chi connectivity index (χ4v) is 2.93. The molecule has 1 amide bonds. The summed E-state index contributed by atoms with van der Waals surface area (Å²) >= 11 is 0. The van der Waals surface area contributed by atoms with Gasteiger partial charge < -0.3 is 14.5 Å². The van der Waals surface area contributed by atoms with Gasteiger partial charge in [-0.15, -0.1) is 0 Å². The number of fused-ring (bicyclic) bond motifs is 2. The lowest BCUT2D eigenvalue weighted by molar-refractivity contribution is 0.102. The van der Waals surface area contributed by atoms with Crippen molar-refractivity contribution in [1.82, 2.24) is 9.97 Å². The van der Waals surface area contributed by atoms with Crippen molar-refractivity contribution in [1.29, 1.82) is 0 Å². The van der Waals surface area contributed by atoms with E-state index in [1.165, 1.54) is 0 Å². The van der Waals surface area contributed by atoms with Crippen LogP contribution in [0, 0.1) is 13.8 Å². The Hall–Kier alpha value is -3.41. The highest BCUT2D eigenvalue weighted by Gasteiger charge is 2.13. The van der Waals surface area contributed by atoms with E-state index in [2.05, 4.69) is 15.3 Å². The van der Waals surface area contributed by atoms with E-state index in [-0.39, 0.29) is 5.91 Å². The minimum Gasteiger partial charge on any atom is -0.497 e. The molecule has 4 rings (SSSR count). The first kappa shape index (κ1) is 16.1. The second-order valence-corrected chi connectivity index (χ2v) is 6.05. The number of hydrogen-bond acceptors (Lipinski definition) is 5. The summed E-state index contributed by atoms with van der Waals surface area (Å²) in [7, 11) is 1.61. The smallest absolute Gasteiger partial charge is 0.257 e. The molecule has 0 bridgehead atoms. The van der Waals surface area contributed by atoms with E-state index in [9.17, 15) is 4.79 Å². The molecular formula is C20H17N3O3. The zero-order chi connectivity index (χ0) is 18.3. The van der Waals surface area contributed by atoms with Crippen LogP contribution in [0.2, 0.25) is 0 Å². The zero-order valence-electron chi connectivity index (χ0n) is 14.7. The molecule has 0 atom stereocenters. The molecule has 0 saturated heterocycles. The molecule has 1 N–H and O–H groups in total. The summed E-state index contributed by atoms with van der Waals surface area (Å²) in [5.41, 5.74) is 4.05. The maximum Gasteiger partial charge on any atom is 0.257 e. The van der Waals surface area contributed by atoms with Crippen LogP contribution in [0.5, 0.6) is 5.75 Å². The molecule has 2 aromatic heterocycles. The van der Waals surface area contributed by atoms with Gasteiger partial charge in [0.2, 0.25) is 0 Å². The van der Waals surface area contributed by atoms with Crippen LogP contribution < -0.4 is 10.1 Å². The maximum atomic E-state index is 12.7. The summed E-state index contributed by atoms with van der Waals surface area (Å²) in [5.74, 6) is 1.09. The Morgan fingerprint density at radius 2 is 1.88 bits per heavy atom. The number of hydrogen-bond donors (Lipinski definition) is 1. The monoisotopic (exact) mass is 347 g/mol. The number of carbonyl (C=O) groups is 1. The standard InChI is InChI=1S/C20H17N3O3/c1-11-16(9-13-8-15(25-3)5-6-17(13)21-11)20(24)23-14-4-7-19-18(10-14)22-12(2)26-19/h4-10H,1-3H3,(H,23,24). The van der Waals surface area contributed by atoms with Crippen LogP contribution in [0.25, 0.3) is 22.0 Å². The van der Waals surface area contributed by atoms with Crippen molar-refractivity contribution in [3.05, 3.63) is 59.6 Å². The minimum atomic E-state index is -0.223. The molecule has 0 fully saturated rings. The number of aromatic nitrogens is 2. The summed E-state index contributed by atoms with van der Waals surface area (Å²) in [6.45, 7) is 3.61. The summed E-state index contributed by atoms with van der Waals surface area (Å²) < 4.78 is 10.7. The Bertz CT molecular complexity index is 1150. The average molecular weight is 347 g/mol. The van der Waals surface area contributed by atoms with Crippen molar-refractivity contribution in [2.75, 3.05) is 12.4 Å². The molecule has 6 nitrogen and oxygen atoms in total. The van der Waals surface area contributed by atoms with E-state index in [0.29, 0.717) is 33.9 Å². The van der Waals surface area contributed by atoms with Crippen molar-refractivity contribution < 1.29 is 13.9 Å². The number of amides is 1.